The third kappa shape index (κ3) is 2.95. The van der Waals surface area contributed by atoms with Crippen molar-refractivity contribution in [2.24, 2.45) is 0 Å². The van der Waals surface area contributed by atoms with Gasteiger partial charge in [-0.15, -0.1) is 10.2 Å². The zero-order valence-electron chi connectivity index (χ0n) is 11.7. The molecular formula is C16H14N4O2. The van der Waals surface area contributed by atoms with Crippen molar-refractivity contribution in [2.75, 3.05) is 5.73 Å². The van der Waals surface area contributed by atoms with Crippen LogP contribution in [-0.2, 0) is 6.61 Å². The zero-order chi connectivity index (χ0) is 15.4. The second-order valence-electron chi connectivity index (χ2n) is 4.66. The van der Waals surface area contributed by atoms with Gasteiger partial charge in [-0.2, -0.15) is 0 Å². The highest BCUT2D eigenvalue weighted by Gasteiger charge is 2.11. The molecule has 0 bridgehead atoms. The van der Waals surface area contributed by atoms with Crippen LogP contribution >= 0.6 is 0 Å². The van der Waals surface area contributed by atoms with Crippen molar-refractivity contribution in [2.45, 2.75) is 6.61 Å². The molecule has 3 aromatic rings. The first-order chi connectivity index (χ1) is 10.7. The van der Waals surface area contributed by atoms with Crippen LogP contribution in [0.2, 0.25) is 0 Å². The number of aromatic nitrogens is 3. The van der Waals surface area contributed by atoms with Crippen molar-refractivity contribution >= 4 is 11.9 Å². The Hall–Kier alpha value is -3.15. The van der Waals surface area contributed by atoms with Crippen LogP contribution in [0.3, 0.4) is 0 Å². The Morgan fingerprint density at radius 1 is 1.09 bits per heavy atom. The van der Waals surface area contributed by atoms with Crippen LogP contribution in [0.1, 0.15) is 15.9 Å². The summed E-state index contributed by atoms with van der Waals surface area (Å²) in [5.74, 6) is 0.476. The topological polar surface area (TPSA) is 83.0 Å². The number of nitrogen functional groups attached to an aromatic ring is 1. The van der Waals surface area contributed by atoms with Crippen LogP contribution in [-0.4, -0.2) is 20.7 Å². The number of rotatable bonds is 4. The van der Waals surface area contributed by atoms with E-state index in [2.05, 4.69) is 10.2 Å². The lowest BCUT2D eigenvalue weighted by atomic mass is 10.2. The predicted molar refractivity (Wildman–Crippen MR) is 81.4 cm³/mol. The van der Waals surface area contributed by atoms with Gasteiger partial charge in [-0.3, -0.25) is 4.79 Å². The van der Waals surface area contributed by atoms with Crippen LogP contribution < -0.4 is 10.5 Å². The first kappa shape index (κ1) is 13.8. The zero-order valence-corrected chi connectivity index (χ0v) is 11.7. The van der Waals surface area contributed by atoms with Crippen LogP contribution in [0, 0.1) is 0 Å². The Balaban J connectivity index is 1.68. The van der Waals surface area contributed by atoms with Gasteiger partial charge in [0, 0.05) is 5.56 Å². The largest absolute Gasteiger partial charge is 0.489 e. The molecule has 0 aliphatic rings. The molecule has 22 heavy (non-hydrogen) atoms. The molecule has 2 N–H and O–H groups in total. The minimum atomic E-state index is -0.280. The summed E-state index contributed by atoms with van der Waals surface area (Å²) in [5.41, 5.74) is 7.13. The van der Waals surface area contributed by atoms with E-state index in [-0.39, 0.29) is 11.9 Å². The molecule has 0 unspecified atom stereocenters. The molecule has 0 fully saturated rings. The molecule has 0 saturated carbocycles. The van der Waals surface area contributed by atoms with Crippen molar-refractivity contribution in [3.63, 3.8) is 0 Å². The maximum Gasteiger partial charge on any atom is 0.266 e. The van der Waals surface area contributed by atoms with Crippen LogP contribution in [0.25, 0.3) is 0 Å². The third-order valence-corrected chi connectivity index (χ3v) is 3.14. The van der Waals surface area contributed by atoms with Gasteiger partial charge in [0.1, 0.15) is 18.7 Å². The number of hydrogen-bond acceptors (Lipinski definition) is 5. The fourth-order valence-corrected chi connectivity index (χ4v) is 1.97. The lowest BCUT2D eigenvalue weighted by Crippen LogP contribution is -2.13. The molecule has 0 spiro atoms. The summed E-state index contributed by atoms with van der Waals surface area (Å²) in [5, 5.41) is 7.18. The summed E-state index contributed by atoms with van der Waals surface area (Å²) in [6, 6.07) is 16.7. The van der Waals surface area contributed by atoms with Gasteiger partial charge in [-0.1, -0.05) is 30.3 Å². The summed E-state index contributed by atoms with van der Waals surface area (Å²) in [6.07, 6.45) is 1.29. The summed E-state index contributed by atoms with van der Waals surface area (Å²) in [7, 11) is 0. The molecule has 0 aliphatic heterocycles. The molecule has 0 atom stereocenters. The van der Waals surface area contributed by atoms with E-state index in [1.54, 1.807) is 24.3 Å². The monoisotopic (exact) mass is 294 g/mol. The summed E-state index contributed by atoms with van der Waals surface area (Å²) in [6.45, 7) is 0.479. The van der Waals surface area contributed by atoms with Crippen LogP contribution in [0.5, 0.6) is 5.75 Å². The lowest BCUT2D eigenvalue weighted by Gasteiger charge is -2.07. The van der Waals surface area contributed by atoms with Gasteiger partial charge in [0.25, 0.3) is 5.91 Å². The standard InChI is InChI=1S/C16H14N4O2/c17-16-19-18-11-20(16)15(21)13-6-8-14(9-7-13)22-10-12-4-2-1-3-5-12/h1-9,11H,10H2,(H2,17,19). The fourth-order valence-electron chi connectivity index (χ4n) is 1.97. The molecule has 2 aromatic carbocycles. The number of nitrogens with two attached hydrogens (primary N) is 1. The number of nitrogens with zero attached hydrogens (tertiary/aromatic N) is 3. The van der Waals surface area contributed by atoms with Crippen LogP contribution in [0.15, 0.2) is 60.9 Å². The molecule has 6 heteroatoms. The van der Waals surface area contributed by atoms with Gasteiger partial charge in [0.15, 0.2) is 0 Å². The van der Waals surface area contributed by atoms with Crippen molar-refractivity contribution < 1.29 is 9.53 Å². The second-order valence-corrected chi connectivity index (χ2v) is 4.66. The molecule has 0 saturated heterocycles. The highest BCUT2D eigenvalue weighted by Crippen LogP contribution is 2.15. The highest BCUT2D eigenvalue weighted by molar-refractivity contribution is 5.97. The van der Waals surface area contributed by atoms with Gasteiger partial charge < -0.3 is 10.5 Å². The van der Waals surface area contributed by atoms with Crippen molar-refractivity contribution in [3.8, 4) is 5.75 Å². The Kier molecular flexibility index (Phi) is 3.82. The molecule has 110 valence electrons. The predicted octanol–water partition coefficient (Wildman–Crippen LogP) is 2.13. The van der Waals surface area contributed by atoms with E-state index < -0.39 is 0 Å². The lowest BCUT2D eigenvalue weighted by molar-refractivity contribution is 0.0962. The average molecular weight is 294 g/mol. The molecule has 1 heterocycles. The van der Waals surface area contributed by atoms with E-state index in [1.165, 1.54) is 10.9 Å². The average Bonchev–Trinajstić information content (AvgIpc) is 3.00. The third-order valence-electron chi connectivity index (χ3n) is 3.14. The molecule has 1 aromatic heterocycles. The number of carbonyl (C=O) groups is 1. The van der Waals surface area contributed by atoms with E-state index in [4.69, 9.17) is 10.5 Å². The summed E-state index contributed by atoms with van der Waals surface area (Å²) >= 11 is 0. The second kappa shape index (κ2) is 6.09. The van der Waals surface area contributed by atoms with E-state index in [1.807, 2.05) is 30.3 Å². The van der Waals surface area contributed by atoms with Crippen molar-refractivity contribution in [3.05, 3.63) is 72.1 Å². The molecule has 6 nitrogen and oxygen atoms in total. The Bertz CT molecular complexity index is 766. The van der Waals surface area contributed by atoms with Gasteiger partial charge in [-0.05, 0) is 29.8 Å². The Labute approximate surface area is 127 Å². The first-order valence-corrected chi connectivity index (χ1v) is 6.71. The quantitative estimate of drug-likeness (QED) is 0.797. The van der Waals surface area contributed by atoms with E-state index in [0.717, 1.165) is 5.56 Å². The SMILES string of the molecule is Nc1nncn1C(=O)c1ccc(OCc2ccccc2)cc1. The fraction of sp³-hybridized carbons (Fsp3) is 0.0625. The molecule has 0 aliphatic carbocycles. The number of carbonyl (C=O) groups excluding carboxylic acids is 1. The molecular weight excluding hydrogens is 280 g/mol. The summed E-state index contributed by atoms with van der Waals surface area (Å²) < 4.78 is 6.87. The Morgan fingerprint density at radius 2 is 1.82 bits per heavy atom. The molecule has 0 amide bonds. The maximum absolute atomic E-state index is 12.2. The number of benzene rings is 2. The molecule has 3 rings (SSSR count). The van der Waals surface area contributed by atoms with Gasteiger partial charge >= 0.3 is 0 Å². The number of hydrogen-bond donors (Lipinski definition) is 1. The van der Waals surface area contributed by atoms with Gasteiger partial charge in [0.2, 0.25) is 5.95 Å². The minimum Gasteiger partial charge on any atom is -0.489 e. The van der Waals surface area contributed by atoms with E-state index >= 15 is 0 Å². The Morgan fingerprint density at radius 3 is 2.45 bits per heavy atom. The highest BCUT2D eigenvalue weighted by atomic mass is 16.5. The van der Waals surface area contributed by atoms with Crippen molar-refractivity contribution in [1.29, 1.82) is 0 Å². The van der Waals surface area contributed by atoms with Crippen LogP contribution in [0.4, 0.5) is 5.95 Å². The maximum atomic E-state index is 12.2. The van der Waals surface area contributed by atoms with Crippen molar-refractivity contribution in [1.82, 2.24) is 14.8 Å². The normalized spacial score (nSPS) is 10.4. The van der Waals surface area contributed by atoms with E-state index in [0.29, 0.717) is 17.9 Å². The van der Waals surface area contributed by atoms with Gasteiger partial charge in [-0.25, -0.2) is 4.57 Å². The molecule has 0 radical (unpaired) electrons. The minimum absolute atomic E-state index is 0.0643. The van der Waals surface area contributed by atoms with Gasteiger partial charge in [0.05, 0.1) is 0 Å². The number of anilines is 1. The van der Waals surface area contributed by atoms with E-state index in [9.17, 15) is 4.79 Å². The first-order valence-electron chi connectivity index (χ1n) is 6.71. The summed E-state index contributed by atoms with van der Waals surface area (Å²) in [4.78, 5) is 12.2. The number of ether oxygens (including phenoxy) is 1. The smallest absolute Gasteiger partial charge is 0.266 e.